The fourth-order valence-corrected chi connectivity index (χ4v) is 4.64. The number of hydrogen-bond donors (Lipinski definition) is 2. The predicted octanol–water partition coefficient (Wildman–Crippen LogP) is 2.58. The Bertz CT molecular complexity index is 1440. The van der Waals surface area contributed by atoms with Crippen molar-refractivity contribution < 1.29 is 13.2 Å². The number of sulfonamides is 1. The summed E-state index contributed by atoms with van der Waals surface area (Å²) in [7, 11) is -1.54. The number of benzene rings is 1. The van der Waals surface area contributed by atoms with Crippen molar-refractivity contribution >= 4 is 38.2 Å². The zero-order valence-corrected chi connectivity index (χ0v) is 17.9. The summed E-state index contributed by atoms with van der Waals surface area (Å²) in [6.07, 6.45) is 9.55. The number of pyridine rings is 1. The molecule has 0 bridgehead atoms. The lowest BCUT2D eigenvalue weighted by molar-refractivity contribution is 0.101. The first-order chi connectivity index (χ1) is 15.4. The van der Waals surface area contributed by atoms with Gasteiger partial charge in [-0.15, -0.1) is 0 Å². The van der Waals surface area contributed by atoms with E-state index in [9.17, 15) is 13.2 Å². The molecular weight excluding hydrogens is 430 g/mol. The normalized spacial score (nSPS) is 13.8. The highest BCUT2D eigenvalue weighted by Gasteiger charge is 2.35. The lowest BCUT2D eigenvalue weighted by atomic mass is 10.2. The quantitative estimate of drug-likeness (QED) is 0.462. The third-order valence-corrected chi connectivity index (χ3v) is 6.93. The number of carbonyl (C=O) groups excluding carboxylic acids is 1. The highest BCUT2D eigenvalue weighted by Crippen LogP contribution is 2.30. The Balaban J connectivity index is 1.42. The van der Waals surface area contributed by atoms with Crippen molar-refractivity contribution in [2.75, 3.05) is 10.0 Å². The summed E-state index contributed by atoms with van der Waals surface area (Å²) in [6.45, 7) is 0. The molecule has 0 aliphatic heterocycles. The number of rotatable bonds is 6. The third-order valence-electron chi connectivity index (χ3n) is 5.06. The van der Waals surface area contributed by atoms with E-state index in [4.69, 9.17) is 0 Å². The van der Waals surface area contributed by atoms with Crippen LogP contribution in [0, 0.1) is 0 Å². The molecule has 3 heterocycles. The van der Waals surface area contributed by atoms with E-state index >= 15 is 0 Å². The maximum Gasteiger partial charge on any atom is 0.293 e. The van der Waals surface area contributed by atoms with Crippen LogP contribution in [0.4, 0.5) is 11.4 Å². The number of nitrogens with zero attached hydrogens (tertiary/aromatic N) is 5. The first kappa shape index (κ1) is 20.1. The molecule has 1 amide bonds. The van der Waals surface area contributed by atoms with Gasteiger partial charge < -0.3 is 9.88 Å². The summed E-state index contributed by atoms with van der Waals surface area (Å²) in [5.74, 6) is -0.539. The Kier molecular flexibility index (Phi) is 4.82. The van der Waals surface area contributed by atoms with Crippen molar-refractivity contribution in [3.63, 3.8) is 0 Å². The summed E-state index contributed by atoms with van der Waals surface area (Å²) in [5, 5.41) is 3.16. The minimum absolute atomic E-state index is 0.0384. The highest BCUT2D eigenvalue weighted by molar-refractivity contribution is 7.93. The molecule has 2 N–H and O–H groups in total. The molecule has 1 aromatic carbocycles. The predicted molar refractivity (Wildman–Crippen MR) is 119 cm³/mol. The second-order valence-corrected chi connectivity index (χ2v) is 9.57. The molecule has 0 atom stereocenters. The molecule has 162 valence electrons. The SMILES string of the molecule is Cn1cnc(-c2cnccc2NC(=O)c2ncc3ccc(NS(=O)(=O)C4CC4)cc3n2)c1. The van der Waals surface area contributed by atoms with Gasteiger partial charge in [-0.3, -0.25) is 14.5 Å². The molecule has 1 fully saturated rings. The van der Waals surface area contributed by atoms with Gasteiger partial charge in [0.05, 0.1) is 34.2 Å². The maximum absolute atomic E-state index is 12.9. The molecular formula is C21H19N7O3S. The average molecular weight is 449 g/mol. The number of carbonyl (C=O) groups is 1. The Labute approximate surface area is 183 Å². The van der Waals surface area contributed by atoms with Crippen molar-refractivity contribution in [1.29, 1.82) is 0 Å². The summed E-state index contributed by atoms with van der Waals surface area (Å²) in [6, 6.07) is 6.64. The number of amides is 1. The van der Waals surface area contributed by atoms with Crippen molar-refractivity contribution in [3.8, 4) is 11.3 Å². The largest absolute Gasteiger partial charge is 0.340 e. The number of aromatic nitrogens is 5. The molecule has 11 heteroatoms. The van der Waals surface area contributed by atoms with Gasteiger partial charge in [0.15, 0.2) is 0 Å². The average Bonchev–Trinajstić information content (AvgIpc) is 3.56. The van der Waals surface area contributed by atoms with Gasteiger partial charge in [0.1, 0.15) is 0 Å². The molecule has 1 saturated carbocycles. The van der Waals surface area contributed by atoms with Gasteiger partial charge in [-0.1, -0.05) is 0 Å². The number of hydrogen-bond acceptors (Lipinski definition) is 7. The fraction of sp³-hybridized carbons (Fsp3) is 0.190. The van der Waals surface area contributed by atoms with Crippen molar-refractivity contribution in [1.82, 2.24) is 24.5 Å². The molecule has 10 nitrogen and oxygen atoms in total. The van der Waals surface area contributed by atoms with E-state index in [1.165, 1.54) is 6.20 Å². The van der Waals surface area contributed by atoms with Crippen molar-refractivity contribution in [2.24, 2.45) is 7.05 Å². The number of nitrogens with one attached hydrogen (secondary N) is 2. The van der Waals surface area contributed by atoms with E-state index in [-0.39, 0.29) is 11.1 Å². The second kappa shape index (κ2) is 7.68. The standard InChI is InChI=1S/C21H19N7O3S/c1-28-11-19(24-12-28)16-10-22-7-6-17(16)26-21(29)20-23-9-13-2-3-14(8-18(13)25-20)27-32(30,31)15-4-5-15/h2-3,6-12,15,27H,4-5H2,1H3,(H,22,26,29). The first-order valence-electron chi connectivity index (χ1n) is 9.91. The van der Waals surface area contributed by atoms with Gasteiger partial charge in [0, 0.05) is 42.8 Å². The van der Waals surface area contributed by atoms with E-state index < -0.39 is 15.9 Å². The number of anilines is 2. The Morgan fingerprint density at radius 3 is 2.75 bits per heavy atom. The van der Waals surface area contributed by atoms with E-state index in [0.29, 0.717) is 46.4 Å². The van der Waals surface area contributed by atoms with Gasteiger partial charge >= 0.3 is 0 Å². The summed E-state index contributed by atoms with van der Waals surface area (Å²) in [5.41, 5.74) is 2.72. The third kappa shape index (κ3) is 4.02. The second-order valence-electron chi connectivity index (χ2n) is 7.61. The van der Waals surface area contributed by atoms with Crippen LogP contribution >= 0.6 is 0 Å². The van der Waals surface area contributed by atoms with Crippen LogP contribution in [0.1, 0.15) is 23.5 Å². The van der Waals surface area contributed by atoms with Gasteiger partial charge in [0.2, 0.25) is 15.8 Å². The van der Waals surface area contributed by atoms with Crippen molar-refractivity contribution in [2.45, 2.75) is 18.1 Å². The minimum Gasteiger partial charge on any atom is -0.340 e. The van der Waals surface area contributed by atoms with Crippen LogP contribution in [0.2, 0.25) is 0 Å². The lowest BCUT2D eigenvalue weighted by Crippen LogP contribution is -2.17. The zero-order chi connectivity index (χ0) is 22.3. The molecule has 5 rings (SSSR count). The minimum atomic E-state index is -3.39. The summed E-state index contributed by atoms with van der Waals surface area (Å²) in [4.78, 5) is 29.8. The molecule has 0 radical (unpaired) electrons. The fourth-order valence-electron chi connectivity index (χ4n) is 3.26. The molecule has 3 aromatic heterocycles. The topological polar surface area (TPSA) is 132 Å². The van der Waals surface area contributed by atoms with E-state index in [1.807, 2.05) is 13.2 Å². The van der Waals surface area contributed by atoms with Crippen LogP contribution in [-0.2, 0) is 17.1 Å². The molecule has 0 spiro atoms. The van der Waals surface area contributed by atoms with Gasteiger partial charge in [-0.05, 0) is 37.1 Å². The molecule has 4 aromatic rings. The highest BCUT2D eigenvalue weighted by atomic mass is 32.2. The van der Waals surface area contributed by atoms with E-state index in [0.717, 1.165) is 0 Å². The summed E-state index contributed by atoms with van der Waals surface area (Å²) < 4.78 is 28.8. The monoisotopic (exact) mass is 449 g/mol. The number of aryl methyl sites for hydroxylation is 1. The maximum atomic E-state index is 12.9. The molecule has 1 aliphatic rings. The van der Waals surface area contributed by atoms with Crippen LogP contribution in [0.5, 0.6) is 0 Å². The van der Waals surface area contributed by atoms with Gasteiger partial charge in [-0.25, -0.2) is 23.4 Å². The first-order valence-corrected chi connectivity index (χ1v) is 11.5. The van der Waals surface area contributed by atoms with Gasteiger partial charge in [0.25, 0.3) is 5.91 Å². The van der Waals surface area contributed by atoms with Crippen LogP contribution in [0.15, 0.2) is 55.4 Å². The van der Waals surface area contributed by atoms with Crippen LogP contribution in [0.3, 0.4) is 0 Å². The van der Waals surface area contributed by atoms with E-state index in [1.54, 1.807) is 47.6 Å². The lowest BCUT2D eigenvalue weighted by Gasteiger charge is -2.10. The van der Waals surface area contributed by atoms with E-state index in [2.05, 4.69) is 30.0 Å². The zero-order valence-electron chi connectivity index (χ0n) is 17.1. The smallest absolute Gasteiger partial charge is 0.293 e. The van der Waals surface area contributed by atoms with Crippen LogP contribution in [-0.4, -0.2) is 44.1 Å². The number of fused-ring (bicyclic) bond motifs is 1. The molecule has 32 heavy (non-hydrogen) atoms. The molecule has 0 saturated heterocycles. The Hall–Kier alpha value is -3.86. The Morgan fingerprint density at radius 2 is 2.00 bits per heavy atom. The van der Waals surface area contributed by atoms with Gasteiger partial charge in [-0.2, -0.15) is 0 Å². The Morgan fingerprint density at radius 1 is 1.16 bits per heavy atom. The molecule has 0 unspecified atom stereocenters. The molecule has 1 aliphatic carbocycles. The summed E-state index contributed by atoms with van der Waals surface area (Å²) >= 11 is 0. The van der Waals surface area contributed by atoms with Crippen LogP contribution < -0.4 is 10.0 Å². The number of imidazole rings is 1. The van der Waals surface area contributed by atoms with Crippen LogP contribution in [0.25, 0.3) is 22.2 Å². The van der Waals surface area contributed by atoms with Crippen molar-refractivity contribution in [3.05, 3.63) is 61.2 Å².